The zero-order valence-corrected chi connectivity index (χ0v) is 11.6. The molecule has 0 unspecified atom stereocenters. The van der Waals surface area contributed by atoms with Crippen LogP contribution in [-0.4, -0.2) is 29.0 Å². The molecule has 0 N–H and O–H groups in total. The van der Waals surface area contributed by atoms with Crippen LogP contribution in [-0.2, 0) is 6.42 Å². The van der Waals surface area contributed by atoms with Crippen molar-refractivity contribution in [2.75, 3.05) is 18.0 Å². The van der Waals surface area contributed by atoms with Crippen LogP contribution in [0.25, 0.3) is 0 Å². The Hall–Kier alpha value is -1.91. The highest BCUT2D eigenvalue weighted by molar-refractivity contribution is 5.27. The number of piperidine rings is 1. The van der Waals surface area contributed by atoms with Gasteiger partial charge in [-0.25, -0.2) is 4.39 Å². The summed E-state index contributed by atoms with van der Waals surface area (Å²) in [6.07, 6.45) is 2.01. The van der Waals surface area contributed by atoms with Gasteiger partial charge in [0.05, 0.1) is 13.0 Å². The van der Waals surface area contributed by atoms with Gasteiger partial charge in [-0.2, -0.15) is 0 Å². The van der Waals surface area contributed by atoms with Gasteiger partial charge in [0.2, 0.25) is 5.89 Å². The molecule has 20 heavy (non-hydrogen) atoms. The first-order chi connectivity index (χ1) is 9.62. The highest BCUT2D eigenvalue weighted by atomic mass is 19.1. The summed E-state index contributed by atoms with van der Waals surface area (Å²) in [6.45, 7) is 2.72. The van der Waals surface area contributed by atoms with Gasteiger partial charge in [0, 0.05) is 6.54 Å². The minimum Gasteiger partial charge on any atom is -0.408 e. The van der Waals surface area contributed by atoms with Crippen LogP contribution in [0.5, 0.6) is 0 Å². The summed E-state index contributed by atoms with van der Waals surface area (Å²) in [5.41, 5.74) is -0.0524. The molecule has 1 fully saturated rings. The van der Waals surface area contributed by atoms with Gasteiger partial charge < -0.3 is 9.32 Å². The highest BCUT2D eigenvalue weighted by Crippen LogP contribution is 2.27. The van der Waals surface area contributed by atoms with E-state index in [1.54, 1.807) is 6.92 Å². The van der Waals surface area contributed by atoms with Crippen LogP contribution >= 0.6 is 0 Å². The molecular weight excluding hydrogens is 257 g/mol. The van der Waals surface area contributed by atoms with Crippen LogP contribution in [0.3, 0.4) is 0 Å². The lowest BCUT2D eigenvalue weighted by Gasteiger charge is -2.33. The number of nitrogens with zero attached hydrogens (tertiary/aromatic N) is 3. The molecule has 0 aliphatic carbocycles. The van der Waals surface area contributed by atoms with E-state index in [-0.39, 0.29) is 0 Å². The number of alkyl halides is 1. The number of benzene rings is 1. The van der Waals surface area contributed by atoms with Gasteiger partial charge in [-0.1, -0.05) is 35.4 Å². The van der Waals surface area contributed by atoms with Crippen LogP contribution < -0.4 is 4.90 Å². The first kappa shape index (κ1) is 13.1. The van der Waals surface area contributed by atoms with Crippen molar-refractivity contribution < 1.29 is 8.81 Å². The maximum absolute atomic E-state index is 14.0. The molecule has 0 spiro atoms. The zero-order valence-electron chi connectivity index (χ0n) is 11.6. The number of hydrogen-bond donors (Lipinski definition) is 0. The third-order valence-electron chi connectivity index (χ3n) is 3.57. The number of aromatic nitrogens is 2. The molecule has 0 radical (unpaired) electrons. The summed E-state index contributed by atoms with van der Waals surface area (Å²) >= 11 is 0. The van der Waals surface area contributed by atoms with Crippen LogP contribution in [0, 0.1) is 0 Å². The molecular formula is C15H18FN3O. The van der Waals surface area contributed by atoms with Crippen LogP contribution in [0.2, 0.25) is 0 Å². The van der Waals surface area contributed by atoms with E-state index in [9.17, 15) is 4.39 Å². The topological polar surface area (TPSA) is 42.2 Å². The van der Waals surface area contributed by atoms with Crippen molar-refractivity contribution in [1.82, 2.24) is 10.2 Å². The third-order valence-corrected chi connectivity index (χ3v) is 3.57. The van der Waals surface area contributed by atoms with E-state index in [1.807, 2.05) is 35.2 Å². The lowest BCUT2D eigenvalue weighted by atomic mass is 9.97. The second-order valence-corrected chi connectivity index (χ2v) is 5.58. The summed E-state index contributed by atoms with van der Waals surface area (Å²) in [5, 5.41) is 8.10. The lowest BCUT2D eigenvalue weighted by Crippen LogP contribution is -2.43. The number of hydrogen-bond acceptors (Lipinski definition) is 4. The Bertz CT molecular complexity index is 568. The Labute approximate surface area is 117 Å². The maximum atomic E-state index is 14.0. The van der Waals surface area contributed by atoms with Crippen molar-refractivity contribution in [2.45, 2.75) is 31.9 Å². The third kappa shape index (κ3) is 2.98. The summed E-state index contributed by atoms with van der Waals surface area (Å²) in [6, 6.07) is 10.4. The van der Waals surface area contributed by atoms with Gasteiger partial charge in [-0.3, -0.25) is 0 Å². The molecule has 0 amide bonds. The summed E-state index contributed by atoms with van der Waals surface area (Å²) in [4.78, 5) is 1.84. The Kier molecular flexibility index (Phi) is 3.42. The van der Waals surface area contributed by atoms with Crippen LogP contribution in [0.1, 0.15) is 31.2 Å². The van der Waals surface area contributed by atoms with E-state index in [2.05, 4.69) is 10.2 Å². The number of halogens is 1. The maximum Gasteiger partial charge on any atom is 0.318 e. The van der Waals surface area contributed by atoms with E-state index >= 15 is 0 Å². The average Bonchev–Trinajstić information content (AvgIpc) is 2.87. The quantitative estimate of drug-likeness (QED) is 0.863. The molecule has 1 atom stereocenters. The highest BCUT2D eigenvalue weighted by Gasteiger charge is 2.32. The predicted octanol–water partition coefficient (Wildman–Crippen LogP) is 2.99. The Morgan fingerprint density at radius 2 is 2.10 bits per heavy atom. The van der Waals surface area contributed by atoms with E-state index in [4.69, 9.17) is 4.42 Å². The van der Waals surface area contributed by atoms with E-state index < -0.39 is 5.67 Å². The molecule has 5 heteroatoms. The fraction of sp³-hybridized carbons (Fsp3) is 0.467. The second kappa shape index (κ2) is 5.23. The standard InChI is InChI=1S/C15H18FN3O/c1-15(16)8-5-9-19(11-15)14-18-17-13(20-14)10-12-6-3-2-4-7-12/h2-4,6-7H,5,8-11H2,1H3/t15-/m0/s1. The minimum atomic E-state index is -1.17. The van der Waals surface area contributed by atoms with Gasteiger partial charge >= 0.3 is 6.01 Å². The SMILES string of the molecule is C[C@]1(F)CCCN(c2nnc(Cc3ccccc3)o2)C1. The number of rotatable bonds is 3. The van der Waals surface area contributed by atoms with Crippen LogP contribution in [0.15, 0.2) is 34.7 Å². The first-order valence-electron chi connectivity index (χ1n) is 6.93. The average molecular weight is 275 g/mol. The van der Waals surface area contributed by atoms with Crippen molar-refractivity contribution in [2.24, 2.45) is 0 Å². The van der Waals surface area contributed by atoms with E-state index in [0.717, 1.165) is 18.5 Å². The molecule has 2 aromatic rings. The molecule has 106 valence electrons. The first-order valence-corrected chi connectivity index (χ1v) is 6.93. The molecule has 3 rings (SSSR count). The van der Waals surface area contributed by atoms with Gasteiger partial charge in [0.15, 0.2) is 0 Å². The molecule has 4 nitrogen and oxygen atoms in total. The van der Waals surface area contributed by atoms with Gasteiger partial charge in [0.1, 0.15) is 5.67 Å². The van der Waals surface area contributed by atoms with Gasteiger partial charge in [-0.15, -0.1) is 5.10 Å². The molecule has 0 bridgehead atoms. The van der Waals surface area contributed by atoms with E-state index in [1.165, 1.54) is 0 Å². The largest absolute Gasteiger partial charge is 0.408 e. The van der Waals surface area contributed by atoms with Crippen molar-refractivity contribution in [3.8, 4) is 0 Å². The van der Waals surface area contributed by atoms with Crippen molar-refractivity contribution >= 4 is 6.01 Å². The van der Waals surface area contributed by atoms with E-state index in [0.29, 0.717) is 31.3 Å². The smallest absolute Gasteiger partial charge is 0.318 e. The Balaban J connectivity index is 1.70. The second-order valence-electron chi connectivity index (χ2n) is 5.58. The summed E-state index contributed by atoms with van der Waals surface area (Å²) in [5.74, 6) is 0.567. The fourth-order valence-electron chi connectivity index (χ4n) is 2.57. The lowest BCUT2D eigenvalue weighted by molar-refractivity contribution is 0.157. The van der Waals surface area contributed by atoms with Gasteiger partial charge in [0.25, 0.3) is 0 Å². The Morgan fingerprint density at radius 1 is 1.30 bits per heavy atom. The van der Waals surface area contributed by atoms with Crippen LogP contribution in [0.4, 0.5) is 10.4 Å². The molecule has 1 aromatic carbocycles. The Morgan fingerprint density at radius 3 is 2.85 bits per heavy atom. The molecule has 0 saturated carbocycles. The molecule has 1 saturated heterocycles. The van der Waals surface area contributed by atoms with Crippen molar-refractivity contribution in [3.05, 3.63) is 41.8 Å². The summed E-state index contributed by atoms with van der Waals surface area (Å²) < 4.78 is 19.7. The molecule has 2 heterocycles. The van der Waals surface area contributed by atoms with Crippen molar-refractivity contribution in [3.63, 3.8) is 0 Å². The zero-order chi connectivity index (χ0) is 14.0. The monoisotopic (exact) mass is 275 g/mol. The minimum absolute atomic E-state index is 0.319. The molecule has 1 aliphatic rings. The predicted molar refractivity (Wildman–Crippen MR) is 74.5 cm³/mol. The molecule has 1 aliphatic heterocycles. The number of anilines is 1. The fourth-order valence-corrected chi connectivity index (χ4v) is 2.57. The molecule has 1 aromatic heterocycles. The normalized spacial score (nSPS) is 23.0. The van der Waals surface area contributed by atoms with Crippen molar-refractivity contribution in [1.29, 1.82) is 0 Å². The van der Waals surface area contributed by atoms with Gasteiger partial charge in [-0.05, 0) is 25.3 Å². The summed E-state index contributed by atoms with van der Waals surface area (Å²) in [7, 11) is 0.